The van der Waals surface area contributed by atoms with Gasteiger partial charge in [-0.05, 0) is 47.0 Å². The number of hydrogen-bond donors (Lipinski definition) is 2. The maximum Gasteiger partial charge on any atom is 0.191 e. The van der Waals surface area contributed by atoms with Crippen LogP contribution in [0.1, 0.15) is 26.2 Å². The first-order chi connectivity index (χ1) is 11.2. The van der Waals surface area contributed by atoms with Crippen LogP contribution >= 0.6 is 24.0 Å². The van der Waals surface area contributed by atoms with Gasteiger partial charge in [0.05, 0.1) is 6.54 Å². The number of piperidine rings is 1. The molecule has 2 saturated heterocycles. The highest BCUT2D eigenvalue weighted by atomic mass is 127. The van der Waals surface area contributed by atoms with Crippen LogP contribution in [0.4, 0.5) is 0 Å². The van der Waals surface area contributed by atoms with Crippen LogP contribution in [0.2, 0.25) is 0 Å². The van der Waals surface area contributed by atoms with Crippen LogP contribution in [0.15, 0.2) is 4.99 Å². The zero-order chi connectivity index (χ0) is 16.5. The molecule has 2 heterocycles. The highest BCUT2D eigenvalue weighted by Gasteiger charge is 2.21. The van der Waals surface area contributed by atoms with Crippen LogP contribution in [-0.4, -0.2) is 99.7 Å². The fourth-order valence-corrected chi connectivity index (χ4v) is 3.35. The molecule has 0 aliphatic carbocycles. The van der Waals surface area contributed by atoms with Crippen molar-refractivity contribution in [3.8, 4) is 0 Å². The van der Waals surface area contributed by atoms with Crippen LogP contribution in [0, 0.1) is 0 Å². The summed E-state index contributed by atoms with van der Waals surface area (Å²) < 4.78 is 0. The predicted octanol–water partition coefficient (Wildman–Crippen LogP) is 0.891. The fourth-order valence-electron chi connectivity index (χ4n) is 3.35. The summed E-state index contributed by atoms with van der Waals surface area (Å²) in [5, 5.41) is 6.87. The third-order valence-electron chi connectivity index (χ3n) is 4.95. The first kappa shape index (κ1) is 21.9. The third-order valence-corrected chi connectivity index (χ3v) is 4.95. The van der Waals surface area contributed by atoms with Gasteiger partial charge in [-0.1, -0.05) is 6.42 Å². The van der Waals surface area contributed by atoms with Crippen molar-refractivity contribution in [1.29, 1.82) is 0 Å². The van der Waals surface area contributed by atoms with Crippen molar-refractivity contribution in [3.05, 3.63) is 0 Å². The maximum absolute atomic E-state index is 4.81. The van der Waals surface area contributed by atoms with Crippen molar-refractivity contribution >= 4 is 29.9 Å². The average molecular weight is 452 g/mol. The van der Waals surface area contributed by atoms with Crippen LogP contribution in [0.3, 0.4) is 0 Å². The molecule has 24 heavy (non-hydrogen) atoms. The molecule has 2 aliphatic heterocycles. The molecule has 0 aromatic heterocycles. The van der Waals surface area contributed by atoms with E-state index in [1.54, 1.807) is 0 Å². The number of aliphatic imine (C=N–C) groups is 1. The van der Waals surface area contributed by atoms with Gasteiger partial charge in [-0.3, -0.25) is 9.89 Å². The minimum Gasteiger partial charge on any atom is -0.357 e. The molecule has 6 nitrogen and oxygen atoms in total. The molecule has 1 unspecified atom stereocenters. The number of likely N-dealkylation sites (tertiary alicyclic amines) is 1. The first-order valence-electron chi connectivity index (χ1n) is 9.32. The zero-order valence-corrected chi connectivity index (χ0v) is 18.1. The third kappa shape index (κ3) is 7.84. The number of piperazine rings is 1. The van der Waals surface area contributed by atoms with Gasteiger partial charge in [0.15, 0.2) is 5.96 Å². The largest absolute Gasteiger partial charge is 0.357 e. The Hall–Kier alpha value is -0.120. The molecule has 0 amide bonds. The number of likely N-dealkylation sites (N-methyl/N-ethyl adjacent to an activating group) is 2. The second kappa shape index (κ2) is 12.3. The van der Waals surface area contributed by atoms with E-state index in [0.717, 1.165) is 51.8 Å². The van der Waals surface area contributed by atoms with E-state index in [2.05, 4.69) is 46.4 Å². The number of guanidine groups is 1. The Morgan fingerprint density at radius 3 is 2.50 bits per heavy atom. The lowest BCUT2D eigenvalue weighted by molar-refractivity contribution is 0.119. The molecule has 2 N–H and O–H groups in total. The van der Waals surface area contributed by atoms with Crippen molar-refractivity contribution < 1.29 is 0 Å². The second-order valence-corrected chi connectivity index (χ2v) is 6.95. The molecule has 0 aromatic rings. The van der Waals surface area contributed by atoms with E-state index in [4.69, 9.17) is 4.99 Å². The smallest absolute Gasteiger partial charge is 0.191 e. The molecule has 2 aliphatic rings. The van der Waals surface area contributed by atoms with E-state index in [9.17, 15) is 0 Å². The van der Waals surface area contributed by atoms with Gasteiger partial charge in [0.25, 0.3) is 0 Å². The van der Waals surface area contributed by atoms with Gasteiger partial charge in [0.2, 0.25) is 0 Å². The quantitative estimate of drug-likeness (QED) is 0.356. The van der Waals surface area contributed by atoms with Crippen LogP contribution in [0.5, 0.6) is 0 Å². The number of rotatable bonds is 6. The minimum atomic E-state index is 0. The van der Waals surface area contributed by atoms with Gasteiger partial charge in [0, 0.05) is 45.3 Å². The standard InChI is InChI=1S/C17H36N6.HI/c1-4-18-17(19-8-11-23-9-6-5-7-10-23)20-14-16-15-21(2)12-13-22(16)3;/h16H,4-15H2,1-3H3,(H2,18,19,20);1H. The van der Waals surface area contributed by atoms with Crippen molar-refractivity contribution in [2.75, 3.05) is 73.0 Å². The van der Waals surface area contributed by atoms with Crippen molar-refractivity contribution in [2.24, 2.45) is 4.99 Å². The number of halogens is 1. The summed E-state index contributed by atoms with van der Waals surface area (Å²) in [4.78, 5) is 12.2. The minimum absolute atomic E-state index is 0. The van der Waals surface area contributed by atoms with Crippen LogP contribution in [0.25, 0.3) is 0 Å². The van der Waals surface area contributed by atoms with E-state index in [1.807, 2.05) is 0 Å². The zero-order valence-electron chi connectivity index (χ0n) is 15.8. The van der Waals surface area contributed by atoms with Crippen molar-refractivity contribution in [3.63, 3.8) is 0 Å². The van der Waals surface area contributed by atoms with Crippen molar-refractivity contribution in [2.45, 2.75) is 32.2 Å². The van der Waals surface area contributed by atoms with Gasteiger partial charge in [-0.25, -0.2) is 0 Å². The molecule has 0 spiro atoms. The van der Waals surface area contributed by atoms with E-state index < -0.39 is 0 Å². The fraction of sp³-hybridized carbons (Fsp3) is 0.941. The average Bonchev–Trinajstić information content (AvgIpc) is 2.56. The Balaban J connectivity index is 0.00000288. The summed E-state index contributed by atoms with van der Waals surface area (Å²) in [6.07, 6.45) is 4.11. The summed E-state index contributed by atoms with van der Waals surface area (Å²) >= 11 is 0. The van der Waals surface area contributed by atoms with Gasteiger partial charge < -0.3 is 20.4 Å². The molecule has 0 radical (unpaired) electrons. The Morgan fingerprint density at radius 2 is 1.79 bits per heavy atom. The lowest BCUT2D eigenvalue weighted by Crippen LogP contribution is -2.51. The molecular weight excluding hydrogens is 415 g/mol. The first-order valence-corrected chi connectivity index (χ1v) is 9.32. The summed E-state index contributed by atoms with van der Waals surface area (Å²) in [5.74, 6) is 0.964. The van der Waals surface area contributed by atoms with Crippen molar-refractivity contribution in [1.82, 2.24) is 25.3 Å². The predicted molar refractivity (Wildman–Crippen MR) is 114 cm³/mol. The summed E-state index contributed by atoms with van der Waals surface area (Å²) in [6.45, 7) is 11.9. The van der Waals surface area contributed by atoms with E-state index in [1.165, 1.54) is 32.4 Å². The summed E-state index contributed by atoms with van der Waals surface area (Å²) in [5.41, 5.74) is 0. The van der Waals surface area contributed by atoms with Gasteiger partial charge in [0.1, 0.15) is 0 Å². The van der Waals surface area contributed by atoms with Gasteiger partial charge in [-0.15, -0.1) is 24.0 Å². The lowest BCUT2D eigenvalue weighted by atomic mass is 10.1. The Bertz CT molecular complexity index is 359. The molecule has 142 valence electrons. The number of nitrogens with one attached hydrogen (secondary N) is 2. The van der Waals surface area contributed by atoms with Crippen LogP contribution < -0.4 is 10.6 Å². The van der Waals surface area contributed by atoms with E-state index >= 15 is 0 Å². The number of hydrogen-bond acceptors (Lipinski definition) is 4. The monoisotopic (exact) mass is 452 g/mol. The Kier molecular flexibility index (Phi) is 11.2. The SMILES string of the molecule is CCNC(=NCC1CN(C)CCN1C)NCCN1CCCCC1.I. The molecule has 0 aromatic carbocycles. The normalized spacial score (nSPS) is 24.5. The van der Waals surface area contributed by atoms with E-state index in [-0.39, 0.29) is 24.0 Å². The van der Waals surface area contributed by atoms with Crippen LogP contribution in [-0.2, 0) is 0 Å². The number of nitrogens with zero attached hydrogens (tertiary/aromatic N) is 4. The summed E-state index contributed by atoms with van der Waals surface area (Å²) in [6, 6.07) is 0.520. The molecule has 7 heteroatoms. The molecular formula is C17H37IN6. The summed E-state index contributed by atoms with van der Waals surface area (Å²) in [7, 11) is 4.41. The highest BCUT2D eigenvalue weighted by molar-refractivity contribution is 14.0. The van der Waals surface area contributed by atoms with E-state index in [0.29, 0.717) is 6.04 Å². The topological polar surface area (TPSA) is 46.1 Å². The molecule has 0 bridgehead atoms. The van der Waals surface area contributed by atoms with Gasteiger partial charge >= 0.3 is 0 Å². The molecule has 2 rings (SSSR count). The lowest BCUT2D eigenvalue weighted by Gasteiger charge is -2.37. The molecule has 1 atom stereocenters. The maximum atomic E-state index is 4.81. The Labute approximate surface area is 165 Å². The highest BCUT2D eigenvalue weighted by Crippen LogP contribution is 2.07. The van der Waals surface area contributed by atoms with Gasteiger partial charge in [-0.2, -0.15) is 0 Å². The molecule has 2 fully saturated rings. The Morgan fingerprint density at radius 1 is 1.04 bits per heavy atom. The molecule has 0 saturated carbocycles. The second-order valence-electron chi connectivity index (χ2n) is 6.95.